The van der Waals surface area contributed by atoms with Crippen LogP contribution in [0.15, 0.2) is 54.6 Å². The van der Waals surface area contributed by atoms with E-state index in [4.69, 9.17) is 5.73 Å². The van der Waals surface area contributed by atoms with Crippen molar-refractivity contribution in [2.75, 3.05) is 0 Å². The van der Waals surface area contributed by atoms with Crippen LogP contribution in [0.1, 0.15) is 0 Å². The Morgan fingerprint density at radius 3 is 1.93 bits per heavy atom. The third kappa shape index (κ3) is 2.23. The van der Waals surface area contributed by atoms with Gasteiger partial charge in [-0.15, -0.1) is 5.69 Å². The summed E-state index contributed by atoms with van der Waals surface area (Å²) in [5.74, 6) is 0. The van der Waals surface area contributed by atoms with Gasteiger partial charge in [-0.05, 0) is 11.1 Å². The average Bonchev–Trinajstić information content (AvgIpc) is 2.20. The van der Waals surface area contributed by atoms with Crippen LogP contribution in [0, 0.1) is 0 Å². The Hall–Kier alpha value is -1.10. The van der Waals surface area contributed by atoms with E-state index >= 15 is 0 Å². The van der Waals surface area contributed by atoms with Crippen LogP contribution in [0.25, 0.3) is 16.9 Å². The normalized spacial score (nSPS) is 9.14. The molecule has 0 aliphatic heterocycles. The van der Waals surface area contributed by atoms with Crippen molar-refractivity contribution in [1.29, 1.82) is 0 Å². The monoisotopic (exact) mass is 274 g/mol. The first kappa shape index (κ1) is 11.0. The van der Waals surface area contributed by atoms with E-state index in [9.17, 15) is 0 Å². The van der Waals surface area contributed by atoms with E-state index < -0.39 is 0 Å². The first-order valence-corrected chi connectivity index (χ1v) is 4.24. The first-order valence-electron chi connectivity index (χ1n) is 4.24. The molecule has 0 heterocycles. The molecule has 1 N–H and O–H groups in total. The van der Waals surface area contributed by atoms with E-state index in [1.54, 1.807) is 0 Å². The Bertz CT molecular complexity index is 398. The summed E-state index contributed by atoms with van der Waals surface area (Å²) in [4.78, 5) is 0. The van der Waals surface area contributed by atoms with Crippen molar-refractivity contribution in [3.8, 4) is 11.1 Å². The molecule has 0 atom stereocenters. The van der Waals surface area contributed by atoms with Gasteiger partial charge in [0.05, 0.1) is 0 Å². The summed E-state index contributed by atoms with van der Waals surface area (Å²) in [7, 11) is 0. The van der Waals surface area contributed by atoms with Gasteiger partial charge in [-0.3, -0.25) is 0 Å². The minimum absolute atomic E-state index is 0. The molecular formula is C12H10NPd+. The summed E-state index contributed by atoms with van der Waals surface area (Å²) in [6, 6.07) is 17.6. The first-order chi connectivity index (χ1) is 6.38. The maximum absolute atomic E-state index is 7.71. The largest absolute Gasteiger partial charge is 2.00 e. The molecule has 0 saturated carbocycles. The maximum atomic E-state index is 7.71. The Morgan fingerprint density at radius 1 is 0.714 bits per heavy atom. The Morgan fingerprint density at radius 2 is 1.29 bits per heavy atom. The molecule has 0 unspecified atom stereocenters. The molecule has 72 valence electrons. The molecule has 0 amide bonds. The molecule has 0 bridgehead atoms. The molecule has 2 rings (SSSR count). The van der Waals surface area contributed by atoms with Crippen molar-refractivity contribution in [2.24, 2.45) is 0 Å². The van der Waals surface area contributed by atoms with Crippen LogP contribution in [0.2, 0.25) is 0 Å². The molecular weight excluding hydrogens is 265 g/mol. The predicted molar refractivity (Wildman–Crippen MR) is 55.9 cm³/mol. The number of benzene rings is 2. The summed E-state index contributed by atoms with van der Waals surface area (Å²) in [6.45, 7) is 0. The topological polar surface area (TPSA) is 23.8 Å². The van der Waals surface area contributed by atoms with Crippen molar-refractivity contribution in [3.05, 3.63) is 60.3 Å². The van der Waals surface area contributed by atoms with E-state index in [0.717, 1.165) is 11.1 Å². The van der Waals surface area contributed by atoms with Crippen molar-refractivity contribution in [3.63, 3.8) is 0 Å². The molecule has 2 heteroatoms. The van der Waals surface area contributed by atoms with Gasteiger partial charge in [0.1, 0.15) is 0 Å². The molecule has 0 radical (unpaired) electrons. The van der Waals surface area contributed by atoms with Crippen LogP contribution in [0.5, 0.6) is 0 Å². The molecule has 14 heavy (non-hydrogen) atoms. The van der Waals surface area contributed by atoms with Crippen molar-refractivity contribution in [2.45, 2.75) is 0 Å². The second-order valence-electron chi connectivity index (χ2n) is 2.91. The Balaban J connectivity index is 0.000000980. The van der Waals surface area contributed by atoms with Crippen LogP contribution < -0.4 is 0 Å². The van der Waals surface area contributed by atoms with Gasteiger partial charge in [-0.1, -0.05) is 54.6 Å². The van der Waals surface area contributed by atoms with E-state index in [2.05, 4.69) is 0 Å². The van der Waals surface area contributed by atoms with Crippen LogP contribution in [0.4, 0.5) is 5.69 Å². The molecule has 2 aromatic rings. The fourth-order valence-electron chi connectivity index (χ4n) is 1.35. The molecule has 0 saturated heterocycles. The molecule has 0 fully saturated rings. The SMILES string of the molecule is [NH-]c1ccccc1-c1ccccc1.[Pd+2]. The third-order valence-electron chi connectivity index (χ3n) is 2.01. The van der Waals surface area contributed by atoms with Gasteiger partial charge >= 0.3 is 20.4 Å². The summed E-state index contributed by atoms with van der Waals surface area (Å²) in [5.41, 5.74) is 10.4. The molecule has 0 aliphatic carbocycles. The molecule has 2 aromatic carbocycles. The van der Waals surface area contributed by atoms with Crippen LogP contribution in [-0.2, 0) is 20.4 Å². The second kappa shape index (κ2) is 4.95. The fourth-order valence-corrected chi connectivity index (χ4v) is 1.35. The van der Waals surface area contributed by atoms with Crippen LogP contribution >= 0.6 is 0 Å². The molecule has 1 nitrogen and oxygen atoms in total. The number of nitrogens with one attached hydrogen (secondary N) is 1. The van der Waals surface area contributed by atoms with Gasteiger partial charge in [0.2, 0.25) is 0 Å². The summed E-state index contributed by atoms with van der Waals surface area (Å²) in [6.07, 6.45) is 0. The van der Waals surface area contributed by atoms with Gasteiger partial charge in [0, 0.05) is 0 Å². The van der Waals surface area contributed by atoms with Gasteiger partial charge in [-0.25, -0.2) is 0 Å². The zero-order valence-electron chi connectivity index (χ0n) is 7.51. The maximum Gasteiger partial charge on any atom is 2.00 e. The van der Waals surface area contributed by atoms with Gasteiger partial charge in [0.25, 0.3) is 0 Å². The van der Waals surface area contributed by atoms with E-state index in [-0.39, 0.29) is 20.4 Å². The van der Waals surface area contributed by atoms with Gasteiger partial charge in [-0.2, -0.15) is 0 Å². The average molecular weight is 275 g/mol. The van der Waals surface area contributed by atoms with E-state index in [1.807, 2.05) is 54.6 Å². The molecule has 0 aliphatic rings. The summed E-state index contributed by atoms with van der Waals surface area (Å²) in [5, 5.41) is 0. The number of rotatable bonds is 1. The van der Waals surface area contributed by atoms with Crippen molar-refractivity contribution < 1.29 is 20.4 Å². The van der Waals surface area contributed by atoms with Gasteiger partial charge in [0.15, 0.2) is 0 Å². The molecule has 0 spiro atoms. The van der Waals surface area contributed by atoms with Crippen molar-refractivity contribution >= 4 is 5.69 Å². The summed E-state index contributed by atoms with van der Waals surface area (Å²) < 4.78 is 0. The smallest absolute Gasteiger partial charge is 0.698 e. The molecule has 0 aromatic heterocycles. The second-order valence-corrected chi connectivity index (χ2v) is 2.91. The number of hydrogen-bond donors (Lipinski definition) is 0. The Labute approximate surface area is 97.6 Å². The van der Waals surface area contributed by atoms with Crippen LogP contribution in [-0.4, -0.2) is 0 Å². The number of hydrogen-bond acceptors (Lipinski definition) is 0. The fraction of sp³-hybridized carbons (Fsp3) is 0. The standard InChI is InChI=1S/C12H10N.Pd/c13-12-9-5-4-8-11(12)10-6-2-1-3-7-10;/h1-9,13H;/q-1;+2. The quantitative estimate of drug-likeness (QED) is 0.701. The minimum Gasteiger partial charge on any atom is -0.698 e. The summed E-state index contributed by atoms with van der Waals surface area (Å²) >= 11 is 0. The zero-order chi connectivity index (χ0) is 9.10. The minimum atomic E-state index is 0. The zero-order valence-corrected chi connectivity index (χ0v) is 9.07. The van der Waals surface area contributed by atoms with Crippen LogP contribution in [0.3, 0.4) is 0 Å². The van der Waals surface area contributed by atoms with Gasteiger partial charge < -0.3 is 5.73 Å². The van der Waals surface area contributed by atoms with Crippen molar-refractivity contribution in [1.82, 2.24) is 0 Å². The predicted octanol–water partition coefficient (Wildman–Crippen LogP) is 4.03. The van der Waals surface area contributed by atoms with E-state index in [0.29, 0.717) is 5.69 Å². The third-order valence-corrected chi connectivity index (χ3v) is 2.01. The van der Waals surface area contributed by atoms with E-state index in [1.165, 1.54) is 0 Å². The Kier molecular flexibility index (Phi) is 3.88.